The minimum absolute atomic E-state index is 0.194. The van der Waals surface area contributed by atoms with E-state index in [1.807, 2.05) is 0 Å². The Hall–Kier alpha value is -1.54. The summed E-state index contributed by atoms with van der Waals surface area (Å²) in [6.45, 7) is 2.23. The van der Waals surface area contributed by atoms with Crippen LogP contribution in [0, 0.1) is 35.3 Å². The molecule has 0 spiro atoms. The standard InChI is InChI=1S/C26H34F8O/c1-2-3-16-6-10-19(11-7-16)20-12-8-17(9-13-20)4-5-18-14-21(27)23(22(28)15-18)35-26(33,34)24(29)25(30,31)32/h14-17,19-20,24H,2-13H2,1H3. The molecule has 2 aliphatic carbocycles. The summed E-state index contributed by atoms with van der Waals surface area (Å²) in [5.74, 6) is -2.10. The third kappa shape index (κ3) is 7.48. The van der Waals surface area contributed by atoms with E-state index in [4.69, 9.17) is 0 Å². The quantitative estimate of drug-likeness (QED) is 0.299. The maximum Gasteiger partial charge on any atom is 0.439 e. The van der Waals surface area contributed by atoms with E-state index < -0.39 is 35.8 Å². The van der Waals surface area contributed by atoms with Crippen LogP contribution in [-0.2, 0) is 6.42 Å². The highest BCUT2D eigenvalue weighted by Gasteiger charge is 2.59. The van der Waals surface area contributed by atoms with Gasteiger partial charge in [0, 0.05) is 0 Å². The molecule has 200 valence electrons. The molecule has 0 amide bonds. The summed E-state index contributed by atoms with van der Waals surface area (Å²) in [5.41, 5.74) is 0.194. The maximum atomic E-state index is 14.2. The molecule has 1 aromatic carbocycles. The molecule has 2 aliphatic rings. The topological polar surface area (TPSA) is 9.23 Å². The van der Waals surface area contributed by atoms with Gasteiger partial charge in [0.15, 0.2) is 17.4 Å². The highest BCUT2D eigenvalue weighted by molar-refractivity contribution is 5.32. The number of halogens is 8. The molecule has 0 aromatic heterocycles. The minimum atomic E-state index is -5.94. The molecule has 2 saturated carbocycles. The van der Waals surface area contributed by atoms with Crippen molar-refractivity contribution in [1.29, 1.82) is 0 Å². The van der Waals surface area contributed by atoms with Crippen molar-refractivity contribution in [2.24, 2.45) is 23.7 Å². The van der Waals surface area contributed by atoms with E-state index in [0.29, 0.717) is 18.8 Å². The van der Waals surface area contributed by atoms with Crippen molar-refractivity contribution in [2.75, 3.05) is 0 Å². The Balaban J connectivity index is 1.49. The smallest absolute Gasteiger partial charge is 0.424 e. The lowest BCUT2D eigenvalue weighted by Crippen LogP contribution is -2.46. The third-order valence-corrected chi connectivity index (χ3v) is 7.87. The second kappa shape index (κ2) is 11.7. The number of aryl methyl sites for hydroxylation is 1. The van der Waals surface area contributed by atoms with Gasteiger partial charge in [-0.25, -0.2) is 13.2 Å². The molecule has 0 aliphatic heterocycles. The average molecular weight is 515 g/mol. The monoisotopic (exact) mass is 514 g/mol. The van der Waals surface area contributed by atoms with Crippen LogP contribution in [0.5, 0.6) is 5.75 Å². The molecule has 2 fully saturated rings. The van der Waals surface area contributed by atoms with Crippen molar-refractivity contribution in [2.45, 2.75) is 102 Å². The summed E-state index contributed by atoms with van der Waals surface area (Å²) in [5, 5.41) is 0. The maximum absolute atomic E-state index is 14.2. The predicted octanol–water partition coefficient (Wildman–Crippen LogP) is 9.18. The minimum Gasteiger partial charge on any atom is -0.424 e. The Morgan fingerprint density at radius 2 is 1.26 bits per heavy atom. The van der Waals surface area contributed by atoms with Crippen molar-refractivity contribution in [3.05, 3.63) is 29.3 Å². The van der Waals surface area contributed by atoms with E-state index in [9.17, 15) is 35.1 Å². The Labute approximate surface area is 201 Å². The van der Waals surface area contributed by atoms with E-state index in [1.165, 1.54) is 38.5 Å². The van der Waals surface area contributed by atoms with E-state index in [-0.39, 0.29) is 5.56 Å². The summed E-state index contributed by atoms with van der Waals surface area (Å²) < 4.78 is 108. The normalized spacial score (nSPS) is 27.0. The highest BCUT2D eigenvalue weighted by atomic mass is 19.4. The molecule has 0 bridgehead atoms. The van der Waals surface area contributed by atoms with Gasteiger partial charge in [-0.1, -0.05) is 45.4 Å². The lowest BCUT2D eigenvalue weighted by molar-refractivity contribution is -0.306. The van der Waals surface area contributed by atoms with Crippen LogP contribution in [0.3, 0.4) is 0 Å². The number of benzene rings is 1. The summed E-state index contributed by atoms with van der Waals surface area (Å²) in [6, 6.07) is 1.52. The van der Waals surface area contributed by atoms with Gasteiger partial charge < -0.3 is 4.74 Å². The zero-order valence-corrected chi connectivity index (χ0v) is 20.0. The van der Waals surface area contributed by atoms with Gasteiger partial charge in [0.05, 0.1) is 0 Å². The first-order chi connectivity index (χ1) is 16.4. The summed E-state index contributed by atoms with van der Waals surface area (Å²) in [6.07, 6.45) is -2.98. The van der Waals surface area contributed by atoms with Gasteiger partial charge >= 0.3 is 12.3 Å². The van der Waals surface area contributed by atoms with E-state index in [1.54, 1.807) is 0 Å². The third-order valence-electron chi connectivity index (χ3n) is 7.87. The number of alkyl halides is 6. The zero-order valence-electron chi connectivity index (χ0n) is 20.0. The van der Waals surface area contributed by atoms with Gasteiger partial charge in [0.1, 0.15) is 0 Å². The van der Waals surface area contributed by atoms with Crippen LogP contribution in [0.2, 0.25) is 0 Å². The fourth-order valence-electron chi connectivity index (χ4n) is 5.91. The van der Waals surface area contributed by atoms with Crippen molar-refractivity contribution < 1.29 is 39.9 Å². The van der Waals surface area contributed by atoms with Gasteiger partial charge in [0.25, 0.3) is 6.17 Å². The fraction of sp³-hybridized carbons (Fsp3) is 0.769. The summed E-state index contributed by atoms with van der Waals surface area (Å²) in [4.78, 5) is 0. The molecule has 3 rings (SSSR count). The first-order valence-electron chi connectivity index (χ1n) is 12.7. The van der Waals surface area contributed by atoms with Crippen molar-refractivity contribution in [3.63, 3.8) is 0 Å². The van der Waals surface area contributed by atoms with Gasteiger partial charge in [-0.15, -0.1) is 0 Å². The number of ether oxygens (including phenoxy) is 1. The van der Waals surface area contributed by atoms with Crippen LogP contribution < -0.4 is 4.74 Å². The van der Waals surface area contributed by atoms with Crippen LogP contribution in [0.1, 0.15) is 83.1 Å². The summed E-state index contributed by atoms with van der Waals surface area (Å²) >= 11 is 0. The second-order valence-electron chi connectivity index (χ2n) is 10.3. The Morgan fingerprint density at radius 1 is 0.800 bits per heavy atom. The van der Waals surface area contributed by atoms with Crippen molar-refractivity contribution >= 4 is 0 Å². The molecular weight excluding hydrogens is 480 g/mol. The Morgan fingerprint density at radius 3 is 1.69 bits per heavy atom. The molecule has 0 radical (unpaired) electrons. The predicted molar refractivity (Wildman–Crippen MR) is 117 cm³/mol. The molecule has 0 heterocycles. The Bertz CT molecular complexity index is 785. The molecule has 35 heavy (non-hydrogen) atoms. The number of hydrogen-bond acceptors (Lipinski definition) is 1. The summed E-state index contributed by atoms with van der Waals surface area (Å²) in [7, 11) is 0. The number of hydrogen-bond donors (Lipinski definition) is 0. The first kappa shape index (κ1) is 28.0. The van der Waals surface area contributed by atoms with Crippen LogP contribution in [0.4, 0.5) is 35.1 Å². The molecule has 1 unspecified atom stereocenters. The molecule has 9 heteroatoms. The van der Waals surface area contributed by atoms with E-state index in [0.717, 1.165) is 55.6 Å². The fourth-order valence-corrected chi connectivity index (χ4v) is 5.91. The zero-order chi connectivity index (χ0) is 25.8. The van der Waals surface area contributed by atoms with Crippen molar-refractivity contribution in [1.82, 2.24) is 0 Å². The molecule has 1 atom stereocenters. The highest BCUT2D eigenvalue weighted by Crippen LogP contribution is 2.43. The number of rotatable bonds is 9. The van der Waals surface area contributed by atoms with Gasteiger partial charge in [-0.05, 0) is 79.9 Å². The van der Waals surface area contributed by atoms with Crippen LogP contribution in [0.25, 0.3) is 0 Å². The second-order valence-corrected chi connectivity index (χ2v) is 10.3. The van der Waals surface area contributed by atoms with Crippen LogP contribution >= 0.6 is 0 Å². The molecule has 0 N–H and O–H groups in total. The Kier molecular flexibility index (Phi) is 9.35. The SMILES string of the molecule is CCCC1CCC(C2CCC(CCc3cc(F)c(OC(F)(F)C(F)C(F)(F)F)c(F)c3)CC2)CC1. The first-order valence-corrected chi connectivity index (χ1v) is 12.7. The van der Waals surface area contributed by atoms with Crippen LogP contribution in [-0.4, -0.2) is 18.5 Å². The molecule has 1 nitrogen and oxygen atoms in total. The largest absolute Gasteiger partial charge is 0.439 e. The van der Waals surface area contributed by atoms with Crippen LogP contribution in [0.15, 0.2) is 12.1 Å². The average Bonchev–Trinajstić information content (AvgIpc) is 2.80. The molecule has 1 aromatic rings. The lowest BCUT2D eigenvalue weighted by Gasteiger charge is -2.38. The molecular formula is C26H34F8O. The lowest BCUT2D eigenvalue weighted by atomic mass is 9.68. The van der Waals surface area contributed by atoms with E-state index in [2.05, 4.69) is 11.7 Å². The van der Waals surface area contributed by atoms with Gasteiger partial charge in [0.2, 0.25) is 0 Å². The van der Waals surface area contributed by atoms with Gasteiger partial charge in [-0.3, -0.25) is 0 Å². The van der Waals surface area contributed by atoms with E-state index >= 15 is 0 Å². The van der Waals surface area contributed by atoms with Crippen molar-refractivity contribution in [3.8, 4) is 5.75 Å². The van der Waals surface area contributed by atoms with Gasteiger partial charge in [-0.2, -0.15) is 22.0 Å². The molecule has 0 saturated heterocycles.